The summed E-state index contributed by atoms with van der Waals surface area (Å²) < 4.78 is 5.08. The minimum Gasteiger partial charge on any atom is -0.465 e. The molecule has 0 bridgehead atoms. The molecule has 0 unspecified atom stereocenters. The van der Waals surface area contributed by atoms with Crippen molar-refractivity contribution in [3.05, 3.63) is 12.7 Å². The Hall–Kier alpha value is -0.790. The third kappa shape index (κ3) is 17.3. The summed E-state index contributed by atoms with van der Waals surface area (Å²) in [6, 6.07) is 0. The normalized spacial score (nSPS) is 10.6. The summed E-state index contributed by atoms with van der Waals surface area (Å²) in [6.45, 7) is 6.37. The summed E-state index contributed by atoms with van der Waals surface area (Å²) in [6.07, 6.45) is 20.8. The number of rotatable bonds is 17. The van der Waals surface area contributed by atoms with Gasteiger partial charge >= 0.3 is 5.97 Å². The first-order valence-electron chi connectivity index (χ1n) is 9.57. The molecule has 0 saturated carbocycles. The van der Waals surface area contributed by atoms with Crippen molar-refractivity contribution in [2.24, 2.45) is 0 Å². The quantitative estimate of drug-likeness (QED) is 0.172. The highest BCUT2D eigenvalue weighted by molar-refractivity contribution is 5.70. The monoisotopic (exact) mass is 310 g/mol. The lowest BCUT2D eigenvalue weighted by atomic mass is 10.0. The van der Waals surface area contributed by atoms with Gasteiger partial charge < -0.3 is 4.74 Å². The van der Waals surface area contributed by atoms with Crippen LogP contribution < -0.4 is 0 Å². The highest BCUT2D eigenvalue weighted by Crippen LogP contribution is 2.12. The molecule has 0 heterocycles. The fourth-order valence-corrected chi connectivity index (χ4v) is 2.66. The maximum Gasteiger partial charge on any atom is 0.309 e. The Morgan fingerprint density at radius 1 is 0.773 bits per heavy atom. The predicted molar refractivity (Wildman–Crippen MR) is 96.1 cm³/mol. The molecule has 0 fully saturated rings. The maximum atomic E-state index is 11.1. The molecule has 0 amide bonds. The third-order valence-corrected chi connectivity index (χ3v) is 4.07. The Morgan fingerprint density at radius 3 is 1.59 bits per heavy atom. The van der Waals surface area contributed by atoms with Gasteiger partial charge in [0.05, 0.1) is 13.0 Å². The number of hydrogen-bond donors (Lipinski definition) is 0. The molecule has 0 aliphatic heterocycles. The summed E-state index contributed by atoms with van der Waals surface area (Å²) in [5, 5.41) is 0. The van der Waals surface area contributed by atoms with Crippen LogP contribution in [0.5, 0.6) is 0 Å². The lowest BCUT2D eigenvalue weighted by molar-refractivity contribution is -0.142. The largest absolute Gasteiger partial charge is 0.465 e. The fraction of sp³-hybridized carbons (Fsp3) is 0.850. The Morgan fingerprint density at radius 2 is 1.18 bits per heavy atom. The first-order valence-corrected chi connectivity index (χ1v) is 9.57. The Bertz CT molecular complexity index is 248. The number of carbonyl (C=O) groups is 1. The first kappa shape index (κ1) is 21.2. The first-order chi connectivity index (χ1) is 10.8. The molecule has 130 valence electrons. The van der Waals surface area contributed by atoms with Crippen LogP contribution >= 0.6 is 0 Å². The molecule has 0 aliphatic carbocycles. The number of esters is 1. The van der Waals surface area contributed by atoms with E-state index in [4.69, 9.17) is 4.74 Å². The minimum absolute atomic E-state index is 0.148. The Balaban J connectivity index is 3.02. The lowest BCUT2D eigenvalue weighted by Crippen LogP contribution is -2.04. The summed E-state index contributed by atoms with van der Waals surface area (Å²) in [5.74, 6) is -0.148. The van der Waals surface area contributed by atoms with Crippen LogP contribution in [0.1, 0.15) is 103 Å². The number of unbranched alkanes of at least 4 members (excludes halogenated alkanes) is 13. The summed E-state index contributed by atoms with van der Waals surface area (Å²) >= 11 is 0. The summed E-state index contributed by atoms with van der Waals surface area (Å²) in [4.78, 5) is 11.1. The third-order valence-electron chi connectivity index (χ3n) is 4.07. The molecule has 0 N–H and O–H groups in total. The Kier molecular flexibility index (Phi) is 17.6. The van der Waals surface area contributed by atoms with Gasteiger partial charge in [-0.15, -0.1) is 6.58 Å². The minimum atomic E-state index is -0.148. The standard InChI is InChI=1S/C20H38O2/c1-3-5-6-7-8-9-10-11-12-13-14-15-16-17-19-22-20(21)18-4-2/h4H,2-3,5-19H2,1H3. The number of ether oxygens (including phenoxy) is 1. The van der Waals surface area contributed by atoms with Crippen LogP contribution in [0.2, 0.25) is 0 Å². The topological polar surface area (TPSA) is 26.3 Å². The van der Waals surface area contributed by atoms with Gasteiger partial charge in [0.15, 0.2) is 0 Å². The van der Waals surface area contributed by atoms with E-state index < -0.39 is 0 Å². The van der Waals surface area contributed by atoms with Gasteiger partial charge in [-0.05, 0) is 6.42 Å². The molecule has 22 heavy (non-hydrogen) atoms. The Labute approximate surface area is 138 Å². The maximum absolute atomic E-state index is 11.1. The highest BCUT2D eigenvalue weighted by Gasteiger charge is 1.98. The molecule has 0 rings (SSSR count). The molecule has 0 spiro atoms. The van der Waals surface area contributed by atoms with Gasteiger partial charge in [-0.3, -0.25) is 4.79 Å². The van der Waals surface area contributed by atoms with E-state index in [0.29, 0.717) is 13.0 Å². The van der Waals surface area contributed by atoms with Crippen LogP contribution in [0.3, 0.4) is 0 Å². The van der Waals surface area contributed by atoms with Crippen LogP contribution in [-0.2, 0) is 9.53 Å². The van der Waals surface area contributed by atoms with E-state index in [1.54, 1.807) is 6.08 Å². The number of hydrogen-bond acceptors (Lipinski definition) is 2. The van der Waals surface area contributed by atoms with E-state index in [1.807, 2.05) is 0 Å². The molecule has 0 aromatic heterocycles. The predicted octanol–water partition coefficient (Wildman–Crippen LogP) is 6.59. The zero-order valence-electron chi connectivity index (χ0n) is 14.9. The second kappa shape index (κ2) is 18.3. The van der Waals surface area contributed by atoms with E-state index in [0.717, 1.165) is 6.42 Å². The van der Waals surface area contributed by atoms with Crippen molar-refractivity contribution in [2.45, 2.75) is 103 Å². The molecular formula is C20H38O2. The van der Waals surface area contributed by atoms with Gasteiger partial charge in [-0.25, -0.2) is 0 Å². The van der Waals surface area contributed by atoms with E-state index in [-0.39, 0.29) is 5.97 Å². The van der Waals surface area contributed by atoms with Crippen LogP contribution in [0.25, 0.3) is 0 Å². The molecule has 0 saturated heterocycles. The van der Waals surface area contributed by atoms with E-state index >= 15 is 0 Å². The fourth-order valence-electron chi connectivity index (χ4n) is 2.66. The van der Waals surface area contributed by atoms with Crippen LogP contribution in [0, 0.1) is 0 Å². The van der Waals surface area contributed by atoms with Gasteiger partial charge in [-0.2, -0.15) is 0 Å². The lowest BCUT2D eigenvalue weighted by Gasteiger charge is -2.04. The van der Waals surface area contributed by atoms with Gasteiger partial charge in [0.2, 0.25) is 0 Å². The van der Waals surface area contributed by atoms with Gasteiger partial charge in [0.1, 0.15) is 0 Å². The molecule has 0 aliphatic rings. The molecule has 0 radical (unpaired) electrons. The van der Waals surface area contributed by atoms with Crippen molar-refractivity contribution in [1.82, 2.24) is 0 Å². The second-order valence-electron chi connectivity index (χ2n) is 6.31. The molecule has 2 heteroatoms. The van der Waals surface area contributed by atoms with Crippen molar-refractivity contribution < 1.29 is 9.53 Å². The van der Waals surface area contributed by atoms with Gasteiger partial charge in [0.25, 0.3) is 0 Å². The molecular weight excluding hydrogens is 272 g/mol. The van der Waals surface area contributed by atoms with Crippen LogP contribution in [0.4, 0.5) is 0 Å². The zero-order valence-corrected chi connectivity index (χ0v) is 14.9. The average molecular weight is 311 g/mol. The molecule has 2 nitrogen and oxygen atoms in total. The molecule has 0 aromatic carbocycles. The van der Waals surface area contributed by atoms with Gasteiger partial charge in [0, 0.05) is 0 Å². The zero-order chi connectivity index (χ0) is 16.3. The SMILES string of the molecule is C=CCC(=O)OCCCCCCCCCCCCCCCC. The van der Waals surface area contributed by atoms with Crippen molar-refractivity contribution in [2.75, 3.05) is 6.61 Å². The van der Waals surface area contributed by atoms with E-state index in [2.05, 4.69) is 13.5 Å². The van der Waals surface area contributed by atoms with Crippen molar-refractivity contribution >= 4 is 5.97 Å². The second-order valence-corrected chi connectivity index (χ2v) is 6.31. The summed E-state index contributed by atoms with van der Waals surface area (Å²) in [5.41, 5.74) is 0. The molecule has 0 aromatic rings. The average Bonchev–Trinajstić information content (AvgIpc) is 2.51. The van der Waals surface area contributed by atoms with Crippen molar-refractivity contribution in [1.29, 1.82) is 0 Å². The molecule has 0 atom stereocenters. The smallest absolute Gasteiger partial charge is 0.309 e. The highest BCUT2D eigenvalue weighted by atomic mass is 16.5. The van der Waals surface area contributed by atoms with Crippen LogP contribution in [-0.4, -0.2) is 12.6 Å². The van der Waals surface area contributed by atoms with E-state index in [9.17, 15) is 4.79 Å². The van der Waals surface area contributed by atoms with Crippen molar-refractivity contribution in [3.8, 4) is 0 Å². The number of carbonyl (C=O) groups excluding carboxylic acids is 1. The van der Waals surface area contributed by atoms with Crippen molar-refractivity contribution in [3.63, 3.8) is 0 Å². The van der Waals surface area contributed by atoms with Gasteiger partial charge in [-0.1, -0.05) is 96.5 Å². The van der Waals surface area contributed by atoms with E-state index in [1.165, 1.54) is 83.5 Å². The summed E-state index contributed by atoms with van der Waals surface area (Å²) in [7, 11) is 0. The van der Waals surface area contributed by atoms with Crippen LogP contribution in [0.15, 0.2) is 12.7 Å².